The van der Waals surface area contributed by atoms with E-state index in [1.807, 2.05) is 31.2 Å². The number of ether oxygens (including phenoxy) is 2. The number of benzene rings is 1. The number of rotatable bonds is 6. The van der Waals surface area contributed by atoms with Crippen LogP contribution in [0.5, 0.6) is 5.75 Å². The van der Waals surface area contributed by atoms with Crippen molar-refractivity contribution >= 4 is 22.4 Å². The van der Waals surface area contributed by atoms with Crippen LogP contribution in [0.25, 0.3) is 0 Å². The second kappa shape index (κ2) is 7.14. The minimum atomic E-state index is -0.583. The Morgan fingerprint density at radius 1 is 1.43 bits per heavy atom. The van der Waals surface area contributed by atoms with E-state index in [-0.39, 0.29) is 5.91 Å². The third-order valence-corrected chi connectivity index (χ3v) is 3.51. The molecule has 2 aromatic rings. The van der Waals surface area contributed by atoms with Gasteiger partial charge in [-0.05, 0) is 31.5 Å². The highest BCUT2D eigenvalue weighted by atomic mass is 32.1. The van der Waals surface area contributed by atoms with Gasteiger partial charge in [0.2, 0.25) is 5.13 Å². The van der Waals surface area contributed by atoms with E-state index in [1.165, 1.54) is 11.3 Å². The summed E-state index contributed by atoms with van der Waals surface area (Å²) in [6.45, 7) is 3.86. The maximum atomic E-state index is 11.9. The van der Waals surface area contributed by atoms with Crippen molar-refractivity contribution in [1.29, 1.82) is 0 Å². The Balaban J connectivity index is 1.85. The molecule has 1 amide bonds. The Bertz CT molecular complexity index is 615. The molecule has 0 unspecified atom stereocenters. The lowest BCUT2D eigenvalue weighted by atomic mass is 10.2. The molecule has 1 atom stereocenters. The second-order valence-corrected chi connectivity index (χ2v) is 5.60. The highest BCUT2D eigenvalue weighted by Crippen LogP contribution is 2.16. The van der Waals surface area contributed by atoms with Crippen molar-refractivity contribution in [1.82, 2.24) is 10.2 Å². The summed E-state index contributed by atoms with van der Waals surface area (Å²) in [6, 6.07) is 7.53. The van der Waals surface area contributed by atoms with Crippen molar-refractivity contribution in [2.24, 2.45) is 0 Å². The molecule has 7 heteroatoms. The summed E-state index contributed by atoms with van der Waals surface area (Å²) in [4.78, 5) is 11.9. The molecule has 0 aliphatic rings. The number of amides is 1. The van der Waals surface area contributed by atoms with E-state index in [2.05, 4.69) is 15.5 Å². The monoisotopic (exact) mass is 307 g/mol. The number of nitrogens with one attached hydrogen (secondary N) is 1. The summed E-state index contributed by atoms with van der Waals surface area (Å²) < 4.78 is 10.7. The minimum absolute atomic E-state index is 0.242. The molecule has 0 aliphatic heterocycles. The first kappa shape index (κ1) is 15.4. The van der Waals surface area contributed by atoms with Gasteiger partial charge in [0.1, 0.15) is 16.9 Å². The third kappa shape index (κ3) is 4.51. The molecule has 0 saturated heterocycles. The lowest BCUT2D eigenvalue weighted by Crippen LogP contribution is -2.27. The standard InChI is InChI=1S/C14H17N3O3S/c1-9(13(18)15-14-17-16-10(2)21-14)20-8-11-5-4-6-12(7-11)19-3/h4-7,9H,8H2,1-3H3,(H,15,17,18)/t9-/m0/s1. The first-order valence-electron chi connectivity index (χ1n) is 6.44. The molecule has 1 aromatic heterocycles. The zero-order valence-corrected chi connectivity index (χ0v) is 12.9. The van der Waals surface area contributed by atoms with E-state index in [9.17, 15) is 4.79 Å². The molecular formula is C14H17N3O3S. The Morgan fingerprint density at radius 2 is 2.24 bits per heavy atom. The number of aryl methyl sites for hydroxylation is 1. The average Bonchev–Trinajstić information content (AvgIpc) is 2.90. The van der Waals surface area contributed by atoms with E-state index < -0.39 is 6.10 Å². The van der Waals surface area contributed by atoms with Crippen LogP contribution >= 0.6 is 11.3 Å². The number of nitrogens with zero attached hydrogens (tertiary/aromatic N) is 2. The molecule has 21 heavy (non-hydrogen) atoms. The van der Waals surface area contributed by atoms with E-state index in [1.54, 1.807) is 14.0 Å². The first-order valence-corrected chi connectivity index (χ1v) is 7.25. The van der Waals surface area contributed by atoms with E-state index in [0.717, 1.165) is 16.3 Å². The molecule has 112 valence electrons. The maximum Gasteiger partial charge on any atom is 0.255 e. The van der Waals surface area contributed by atoms with Gasteiger partial charge in [0.25, 0.3) is 5.91 Å². The highest BCUT2D eigenvalue weighted by Gasteiger charge is 2.15. The number of carbonyl (C=O) groups excluding carboxylic acids is 1. The zero-order valence-electron chi connectivity index (χ0n) is 12.1. The quantitative estimate of drug-likeness (QED) is 0.887. The molecular weight excluding hydrogens is 290 g/mol. The van der Waals surface area contributed by atoms with Crippen molar-refractivity contribution in [3.8, 4) is 5.75 Å². The second-order valence-electron chi connectivity index (χ2n) is 4.42. The SMILES string of the molecule is COc1cccc(CO[C@@H](C)C(=O)Nc2nnc(C)s2)c1. The minimum Gasteiger partial charge on any atom is -0.497 e. The maximum absolute atomic E-state index is 11.9. The van der Waals surface area contributed by atoms with Gasteiger partial charge in [-0.25, -0.2) is 0 Å². The number of hydrogen-bond acceptors (Lipinski definition) is 6. The van der Waals surface area contributed by atoms with Gasteiger partial charge in [-0.2, -0.15) is 0 Å². The molecule has 2 rings (SSSR count). The molecule has 0 saturated carbocycles. The summed E-state index contributed by atoms with van der Waals surface area (Å²) in [5.41, 5.74) is 0.945. The topological polar surface area (TPSA) is 73.3 Å². The number of methoxy groups -OCH3 is 1. The van der Waals surface area contributed by atoms with E-state index in [4.69, 9.17) is 9.47 Å². The number of carbonyl (C=O) groups is 1. The van der Waals surface area contributed by atoms with Crippen LogP contribution < -0.4 is 10.1 Å². The van der Waals surface area contributed by atoms with Gasteiger partial charge in [-0.1, -0.05) is 23.5 Å². The van der Waals surface area contributed by atoms with Gasteiger partial charge in [-0.3, -0.25) is 10.1 Å². The molecule has 0 aliphatic carbocycles. The molecule has 6 nitrogen and oxygen atoms in total. The van der Waals surface area contributed by atoms with Crippen molar-refractivity contribution < 1.29 is 14.3 Å². The summed E-state index contributed by atoms with van der Waals surface area (Å²) in [6.07, 6.45) is -0.583. The van der Waals surface area contributed by atoms with Crippen molar-refractivity contribution in [2.75, 3.05) is 12.4 Å². The molecule has 1 aromatic carbocycles. The first-order chi connectivity index (χ1) is 10.1. The summed E-state index contributed by atoms with van der Waals surface area (Å²) in [7, 11) is 1.61. The smallest absolute Gasteiger partial charge is 0.255 e. The molecule has 0 radical (unpaired) electrons. The Kier molecular flexibility index (Phi) is 5.24. The molecule has 0 fully saturated rings. The van der Waals surface area contributed by atoms with E-state index >= 15 is 0 Å². The van der Waals surface area contributed by atoms with Crippen LogP contribution in [0.3, 0.4) is 0 Å². The average molecular weight is 307 g/mol. The molecule has 0 bridgehead atoms. The summed E-state index contributed by atoms with van der Waals surface area (Å²) in [5.74, 6) is 0.520. The van der Waals surface area contributed by atoms with Gasteiger partial charge in [0.15, 0.2) is 0 Å². The van der Waals surface area contributed by atoms with Gasteiger partial charge >= 0.3 is 0 Å². The third-order valence-electron chi connectivity index (χ3n) is 2.76. The van der Waals surface area contributed by atoms with Crippen molar-refractivity contribution in [3.05, 3.63) is 34.8 Å². The molecule has 1 N–H and O–H groups in total. The summed E-state index contributed by atoms with van der Waals surface area (Å²) >= 11 is 1.33. The number of hydrogen-bond donors (Lipinski definition) is 1. The van der Waals surface area contributed by atoms with Gasteiger partial charge in [-0.15, -0.1) is 10.2 Å². The van der Waals surface area contributed by atoms with Crippen LogP contribution in [0.1, 0.15) is 17.5 Å². The van der Waals surface area contributed by atoms with Crippen LogP contribution in [0.2, 0.25) is 0 Å². The van der Waals surface area contributed by atoms with Crippen LogP contribution in [0, 0.1) is 6.92 Å². The largest absolute Gasteiger partial charge is 0.497 e. The molecule has 0 spiro atoms. The number of aromatic nitrogens is 2. The molecule has 1 heterocycles. The van der Waals surface area contributed by atoms with Crippen molar-refractivity contribution in [2.45, 2.75) is 26.6 Å². The fourth-order valence-electron chi connectivity index (χ4n) is 1.61. The predicted molar refractivity (Wildman–Crippen MR) is 80.5 cm³/mol. The lowest BCUT2D eigenvalue weighted by molar-refractivity contribution is -0.127. The van der Waals surface area contributed by atoms with Crippen LogP contribution in [-0.2, 0) is 16.1 Å². The Labute approximate surface area is 127 Å². The van der Waals surface area contributed by atoms with Gasteiger partial charge in [0, 0.05) is 0 Å². The van der Waals surface area contributed by atoms with Gasteiger partial charge in [0.05, 0.1) is 13.7 Å². The van der Waals surface area contributed by atoms with Crippen LogP contribution in [0.15, 0.2) is 24.3 Å². The van der Waals surface area contributed by atoms with E-state index in [0.29, 0.717) is 11.7 Å². The van der Waals surface area contributed by atoms with Crippen LogP contribution in [-0.4, -0.2) is 29.3 Å². The van der Waals surface area contributed by atoms with Gasteiger partial charge < -0.3 is 9.47 Å². The fraction of sp³-hybridized carbons (Fsp3) is 0.357. The Hall–Kier alpha value is -1.99. The predicted octanol–water partition coefficient (Wildman–Crippen LogP) is 2.40. The number of anilines is 1. The zero-order chi connectivity index (χ0) is 15.2. The van der Waals surface area contributed by atoms with Crippen LogP contribution in [0.4, 0.5) is 5.13 Å². The highest BCUT2D eigenvalue weighted by molar-refractivity contribution is 7.15. The Morgan fingerprint density at radius 3 is 2.90 bits per heavy atom. The van der Waals surface area contributed by atoms with Crippen molar-refractivity contribution in [3.63, 3.8) is 0 Å². The fourth-order valence-corrected chi connectivity index (χ4v) is 2.21. The lowest BCUT2D eigenvalue weighted by Gasteiger charge is -2.12. The summed E-state index contributed by atoms with van der Waals surface area (Å²) in [5, 5.41) is 11.6. The normalized spacial score (nSPS) is 12.0.